The standard InChI is InChI=1S/C21H26ClN3O5S/c1-25-11-9-15(10-12-25)23-21(26)14-30-20-8-7-18(13-19(20)22)31(27,28)24-16-3-5-17(29-2)6-4-16/h3-8,13,15,24H,9-12,14H2,1-2H3,(H,23,26). The van der Waals surface area contributed by atoms with Crippen molar-refractivity contribution in [3.05, 3.63) is 47.5 Å². The summed E-state index contributed by atoms with van der Waals surface area (Å²) in [5.41, 5.74) is 0.392. The smallest absolute Gasteiger partial charge is 0.261 e. The normalized spacial score (nSPS) is 15.3. The van der Waals surface area contributed by atoms with Gasteiger partial charge in [0, 0.05) is 11.7 Å². The summed E-state index contributed by atoms with van der Waals surface area (Å²) in [5, 5.41) is 3.05. The Labute approximate surface area is 187 Å². The fourth-order valence-electron chi connectivity index (χ4n) is 3.20. The highest BCUT2D eigenvalue weighted by Gasteiger charge is 2.20. The van der Waals surface area contributed by atoms with Crippen LogP contribution in [-0.4, -0.2) is 59.1 Å². The van der Waals surface area contributed by atoms with Crippen LogP contribution in [0.4, 0.5) is 5.69 Å². The number of methoxy groups -OCH3 is 1. The molecule has 1 amide bonds. The summed E-state index contributed by atoms with van der Waals surface area (Å²) in [6, 6.07) is 10.7. The Morgan fingerprint density at radius 2 is 1.84 bits per heavy atom. The van der Waals surface area contributed by atoms with Crippen LogP contribution in [0.25, 0.3) is 0 Å². The highest BCUT2D eigenvalue weighted by Crippen LogP contribution is 2.28. The summed E-state index contributed by atoms with van der Waals surface area (Å²) in [5.74, 6) is 0.624. The van der Waals surface area contributed by atoms with E-state index in [-0.39, 0.29) is 34.2 Å². The third-order valence-electron chi connectivity index (χ3n) is 5.00. The van der Waals surface area contributed by atoms with Crippen LogP contribution in [0.3, 0.4) is 0 Å². The first-order valence-corrected chi connectivity index (χ1v) is 11.7. The molecular weight excluding hydrogens is 442 g/mol. The van der Waals surface area contributed by atoms with Crippen LogP contribution in [0.1, 0.15) is 12.8 Å². The highest BCUT2D eigenvalue weighted by molar-refractivity contribution is 7.92. The summed E-state index contributed by atoms with van der Waals surface area (Å²) >= 11 is 6.20. The third-order valence-corrected chi connectivity index (χ3v) is 6.67. The first-order valence-electron chi connectivity index (χ1n) is 9.84. The number of sulfonamides is 1. The van der Waals surface area contributed by atoms with Crippen LogP contribution in [-0.2, 0) is 14.8 Å². The zero-order valence-electron chi connectivity index (χ0n) is 17.4. The lowest BCUT2D eigenvalue weighted by Gasteiger charge is -2.29. The molecule has 8 nitrogen and oxygen atoms in total. The summed E-state index contributed by atoms with van der Waals surface area (Å²) in [6.07, 6.45) is 1.80. The van der Waals surface area contributed by atoms with Gasteiger partial charge in [-0.15, -0.1) is 0 Å². The summed E-state index contributed by atoms with van der Waals surface area (Å²) in [4.78, 5) is 14.3. The lowest BCUT2D eigenvalue weighted by molar-refractivity contribution is -0.124. The number of hydrogen-bond acceptors (Lipinski definition) is 6. The number of carbonyl (C=O) groups is 1. The zero-order chi connectivity index (χ0) is 22.4. The lowest BCUT2D eigenvalue weighted by Crippen LogP contribution is -2.44. The molecule has 2 aromatic rings. The number of amides is 1. The van der Waals surface area contributed by atoms with Crippen molar-refractivity contribution in [2.75, 3.05) is 38.6 Å². The van der Waals surface area contributed by atoms with E-state index in [0.717, 1.165) is 25.9 Å². The molecule has 168 valence electrons. The van der Waals surface area contributed by atoms with Crippen LogP contribution in [0.5, 0.6) is 11.5 Å². The van der Waals surface area contributed by atoms with Gasteiger partial charge in [-0.25, -0.2) is 8.42 Å². The zero-order valence-corrected chi connectivity index (χ0v) is 19.0. The minimum absolute atomic E-state index is 0.0172. The first-order chi connectivity index (χ1) is 14.8. The van der Waals surface area contributed by atoms with E-state index in [4.69, 9.17) is 21.1 Å². The predicted octanol–water partition coefficient (Wildman–Crippen LogP) is 2.74. The molecule has 2 aromatic carbocycles. The van der Waals surface area contributed by atoms with Crippen molar-refractivity contribution in [3.63, 3.8) is 0 Å². The molecule has 0 aromatic heterocycles. The maximum absolute atomic E-state index is 12.6. The predicted molar refractivity (Wildman–Crippen MR) is 119 cm³/mol. The van der Waals surface area contributed by atoms with E-state index in [1.54, 1.807) is 24.3 Å². The molecule has 0 atom stereocenters. The van der Waals surface area contributed by atoms with E-state index in [1.807, 2.05) is 0 Å². The number of piperidine rings is 1. The van der Waals surface area contributed by atoms with E-state index < -0.39 is 10.0 Å². The Hall–Kier alpha value is -2.49. The van der Waals surface area contributed by atoms with Gasteiger partial charge < -0.3 is 19.7 Å². The molecule has 1 aliphatic rings. The van der Waals surface area contributed by atoms with Crippen LogP contribution >= 0.6 is 11.6 Å². The Morgan fingerprint density at radius 3 is 2.45 bits per heavy atom. The van der Waals surface area contributed by atoms with E-state index in [2.05, 4.69) is 22.0 Å². The molecule has 1 fully saturated rings. The topological polar surface area (TPSA) is 97.0 Å². The van der Waals surface area contributed by atoms with Crippen molar-refractivity contribution in [1.29, 1.82) is 0 Å². The number of hydrogen-bond donors (Lipinski definition) is 2. The van der Waals surface area contributed by atoms with E-state index in [0.29, 0.717) is 11.4 Å². The van der Waals surface area contributed by atoms with Gasteiger partial charge in [-0.1, -0.05) is 11.6 Å². The average Bonchev–Trinajstić information content (AvgIpc) is 2.75. The number of benzene rings is 2. The van der Waals surface area contributed by atoms with Crippen molar-refractivity contribution < 1.29 is 22.7 Å². The van der Waals surface area contributed by atoms with Crippen LogP contribution in [0, 0.1) is 0 Å². The minimum Gasteiger partial charge on any atom is -0.497 e. The third kappa shape index (κ3) is 6.49. The number of ether oxygens (including phenoxy) is 2. The van der Waals surface area contributed by atoms with Crippen LogP contribution < -0.4 is 19.5 Å². The lowest BCUT2D eigenvalue weighted by atomic mass is 10.1. The Bertz CT molecular complexity index is 1010. The van der Waals surface area contributed by atoms with E-state index in [9.17, 15) is 13.2 Å². The second kappa shape index (κ2) is 10.2. The molecule has 0 saturated carbocycles. The number of rotatable bonds is 8. The van der Waals surface area contributed by atoms with Gasteiger partial charge in [0.25, 0.3) is 15.9 Å². The SMILES string of the molecule is COc1ccc(NS(=O)(=O)c2ccc(OCC(=O)NC3CCN(C)CC3)c(Cl)c2)cc1. The molecule has 1 heterocycles. The maximum Gasteiger partial charge on any atom is 0.261 e. The molecule has 2 N–H and O–H groups in total. The van der Waals surface area contributed by atoms with Crippen molar-refractivity contribution >= 4 is 33.2 Å². The van der Waals surface area contributed by atoms with Gasteiger partial charge in [0.05, 0.1) is 17.0 Å². The van der Waals surface area contributed by atoms with Gasteiger partial charge in [-0.05, 0) is 75.4 Å². The molecule has 0 radical (unpaired) electrons. The highest BCUT2D eigenvalue weighted by atomic mass is 35.5. The Kier molecular flexibility index (Phi) is 7.64. The van der Waals surface area contributed by atoms with Gasteiger partial charge in [0.15, 0.2) is 6.61 Å². The van der Waals surface area contributed by atoms with Crippen molar-refractivity contribution in [3.8, 4) is 11.5 Å². The second-order valence-electron chi connectivity index (χ2n) is 7.36. The Morgan fingerprint density at radius 1 is 1.16 bits per heavy atom. The molecule has 0 unspecified atom stereocenters. The average molecular weight is 468 g/mol. The van der Waals surface area contributed by atoms with Gasteiger partial charge in [0.2, 0.25) is 0 Å². The minimum atomic E-state index is -3.84. The largest absolute Gasteiger partial charge is 0.497 e. The number of nitrogens with one attached hydrogen (secondary N) is 2. The number of carbonyl (C=O) groups excluding carboxylic acids is 1. The second-order valence-corrected chi connectivity index (χ2v) is 9.45. The van der Waals surface area contributed by atoms with Crippen LogP contribution in [0.15, 0.2) is 47.4 Å². The molecule has 0 bridgehead atoms. The van der Waals surface area contributed by atoms with Crippen LogP contribution in [0.2, 0.25) is 5.02 Å². The number of likely N-dealkylation sites (tertiary alicyclic amines) is 1. The van der Waals surface area contributed by atoms with Gasteiger partial charge in [-0.2, -0.15) is 0 Å². The van der Waals surface area contributed by atoms with E-state index in [1.165, 1.54) is 25.3 Å². The molecule has 0 spiro atoms. The summed E-state index contributed by atoms with van der Waals surface area (Å²) in [6.45, 7) is 1.69. The van der Waals surface area contributed by atoms with Gasteiger partial charge in [0.1, 0.15) is 11.5 Å². The molecule has 10 heteroatoms. The molecule has 3 rings (SSSR count). The van der Waals surface area contributed by atoms with Gasteiger partial charge in [-0.3, -0.25) is 9.52 Å². The number of halogens is 1. The van der Waals surface area contributed by atoms with Crippen molar-refractivity contribution in [1.82, 2.24) is 10.2 Å². The molecule has 1 aliphatic heterocycles. The monoisotopic (exact) mass is 467 g/mol. The van der Waals surface area contributed by atoms with E-state index >= 15 is 0 Å². The fraction of sp³-hybridized carbons (Fsp3) is 0.381. The molecule has 0 aliphatic carbocycles. The first kappa shape index (κ1) is 23.2. The quantitative estimate of drug-likeness (QED) is 0.619. The molecule has 31 heavy (non-hydrogen) atoms. The fourth-order valence-corrected chi connectivity index (χ4v) is 4.59. The van der Waals surface area contributed by atoms with Crippen molar-refractivity contribution in [2.45, 2.75) is 23.8 Å². The number of anilines is 1. The molecule has 1 saturated heterocycles. The maximum atomic E-state index is 12.6. The Balaban J connectivity index is 1.57. The molecular formula is C21H26ClN3O5S. The van der Waals surface area contributed by atoms with Crippen molar-refractivity contribution in [2.24, 2.45) is 0 Å². The summed E-state index contributed by atoms with van der Waals surface area (Å²) in [7, 11) is -0.255. The summed E-state index contributed by atoms with van der Waals surface area (Å²) < 4.78 is 38.3. The number of nitrogens with zero attached hydrogens (tertiary/aromatic N) is 1. The van der Waals surface area contributed by atoms with Gasteiger partial charge >= 0.3 is 0 Å².